The van der Waals surface area contributed by atoms with Crippen LogP contribution in [0.1, 0.15) is 54.4 Å². The maximum absolute atomic E-state index is 12.3. The number of rotatable bonds is 5. The van der Waals surface area contributed by atoms with E-state index in [0.717, 1.165) is 4.57 Å². The first-order chi connectivity index (χ1) is 11.4. The minimum Gasteiger partial charge on any atom is -0.460 e. The monoisotopic (exact) mass is 354 g/mol. The lowest BCUT2D eigenvalue weighted by molar-refractivity contribution is -0.166. The van der Waals surface area contributed by atoms with Gasteiger partial charge >= 0.3 is 18.0 Å². The molecule has 1 aromatic rings. The van der Waals surface area contributed by atoms with Crippen molar-refractivity contribution in [3.05, 3.63) is 18.7 Å². The average molecular weight is 354 g/mol. The molecule has 8 nitrogen and oxygen atoms in total. The number of ether oxygens (including phenoxy) is 3. The van der Waals surface area contributed by atoms with E-state index in [2.05, 4.69) is 4.98 Å². The molecule has 0 aliphatic heterocycles. The Kier molecular flexibility index (Phi) is 6.72. The van der Waals surface area contributed by atoms with Gasteiger partial charge in [0.1, 0.15) is 17.5 Å². The first-order valence-electron chi connectivity index (χ1n) is 8.01. The molecule has 0 saturated heterocycles. The maximum atomic E-state index is 12.3. The summed E-state index contributed by atoms with van der Waals surface area (Å²) in [7, 11) is 0. The highest BCUT2D eigenvalue weighted by Gasteiger charge is 2.30. The molecule has 1 rings (SSSR count). The Bertz CT molecular complexity index is 596. The lowest BCUT2D eigenvalue weighted by Gasteiger charge is -2.24. The van der Waals surface area contributed by atoms with E-state index >= 15 is 0 Å². The van der Waals surface area contributed by atoms with E-state index in [4.69, 9.17) is 14.2 Å². The van der Waals surface area contributed by atoms with Gasteiger partial charge in [-0.25, -0.2) is 19.1 Å². The third-order valence-corrected chi connectivity index (χ3v) is 2.66. The summed E-state index contributed by atoms with van der Waals surface area (Å²) >= 11 is 0. The molecule has 0 aliphatic rings. The predicted octanol–water partition coefficient (Wildman–Crippen LogP) is 2.70. The molecule has 1 unspecified atom stereocenters. The number of nitrogens with zero attached hydrogens (tertiary/aromatic N) is 2. The van der Waals surface area contributed by atoms with Gasteiger partial charge in [0.25, 0.3) is 0 Å². The van der Waals surface area contributed by atoms with E-state index in [1.807, 2.05) is 0 Å². The second kappa shape index (κ2) is 8.13. The number of carbonyl (C=O) groups is 3. The van der Waals surface area contributed by atoms with Crippen molar-refractivity contribution in [2.45, 2.75) is 71.7 Å². The number of hydrogen-bond donors (Lipinski definition) is 0. The van der Waals surface area contributed by atoms with Crippen molar-refractivity contribution in [2.24, 2.45) is 0 Å². The Labute approximate surface area is 147 Å². The largest absolute Gasteiger partial charge is 0.460 e. The average Bonchev–Trinajstić information content (AvgIpc) is 2.93. The van der Waals surface area contributed by atoms with Crippen LogP contribution in [0.5, 0.6) is 0 Å². The minimum atomic E-state index is -1.22. The standard InChI is InChI=1S/C17H26N2O6/c1-16(2,3)24-13(20)8-7-12(14(21)25-17(4,5)6)23-15(22)19-10-9-18-11-19/h9-12H,7-8H2,1-6H3. The molecular weight excluding hydrogens is 328 g/mol. The highest BCUT2D eigenvalue weighted by molar-refractivity contribution is 5.80. The number of aromatic nitrogens is 2. The van der Waals surface area contributed by atoms with Crippen LogP contribution >= 0.6 is 0 Å². The van der Waals surface area contributed by atoms with E-state index in [1.165, 1.54) is 18.7 Å². The molecule has 140 valence electrons. The number of hydrogen-bond acceptors (Lipinski definition) is 7. The molecule has 0 amide bonds. The van der Waals surface area contributed by atoms with Crippen LogP contribution in [0.15, 0.2) is 18.7 Å². The number of esters is 2. The summed E-state index contributed by atoms with van der Waals surface area (Å²) in [6, 6.07) is 0. The highest BCUT2D eigenvalue weighted by atomic mass is 16.6. The molecule has 8 heteroatoms. The van der Waals surface area contributed by atoms with Crippen molar-refractivity contribution in [1.29, 1.82) is 0 Å². The Hall–Kier alpha value is -2.38. The second-order valence-corrected chi connectivity index (χ2v) is 7.50. The van der Waals surface area contributed by atoms with E-state index < -0.39 is 35.3 Å². The number of carbonyl (C=O) groups excluding carboxylic acids is 3. The van der Waals surface area contributed by atoms with Gasteiger partial charge in [0.2, 0.25) is 6.10 Å². The van der Waals surface area contributed by atoms with Gasteiger partial charge in [-0.05, 0) is 41.5 Å². The van der Waals surface area contributed by atoms with Gasteiger partial charge in [0.05, 0.1) is 0 Å². The van der Waals surface area contributed by atoms with Crippen molar-refractivity contribution in [3.63, 3.8) is 0 Å². The number of imidazole rings is 1. The summed E-state index contributed by atoms with van der Waals surface area (Å²) in [5, 5.41) is 0. The lowest BCUT2D eigenvalue weighted by atomic mass is 10.1. The first-order valence-corrected chi connectivity index (χ1v) is 8.01. The maximum Gasteiger partial charge on any atom is 0.420 e. The molecule has 0 saturated carbocycles. The molecule has 0 radical (unpaired) electrons. The molecule has 1 atom stereocenters. The molecule has 0 fully saturated rings. The fraction of sp³-hybridized carbons (Fsp3) is 0.647. The summed E-state index contributed by atoms with van der Waals surface area (Å²) in [6.45, 7) is 10.3. The fourth-order valence-electron chi connectivity index (χ4n) is 1.78. The van der Waals surface area contributed by atoms with Crippen molar-refractivity contribution < 1.29 is 28.6 Å². The van der Waals surface area contributed by atoms with Crippen LogP contribution in [0, 0.1) is 0 Å². The molecule has 1 aromatic heterocycles. The van der Waals surface area contributed by atoms with E-state index in [-0.39, 0.29) is 12.8 Å². The first kappa shape index (κ1) is 20.7. The zero-order valence-electron chi connectivity index (χ0n) is 15.6. The van der Waals surface area contributed by atoms with E-state index in [1.54, 1.807) is 41.5 Å². The van der Waals surface area contributed by atoms with Gasteiger partial charge in [-0.2, -0.15) is 0 Å². The van der Waals surface area contributed by atoms with E-state index in [0.29, 0.717) is 0 Å². The second-order valence-electron chi connectivity index (χ2n) is 7.50. The van der Waals surface area contributed by atoms with Crippen LogP contribution in [0.4, 0.5) is 4.79 Å². The van der Waals surface area contributed by atoms with Crippen molar-refractivity contribution in [2.75, 3.05) is 0 Å². The summed E-state index contributed by atoms with van der Waals surface area (Å²) in [5.41, 5.74) is -1.38. The molecule has 0 spiro atoms. The zero-order valence-corrected chi connectivity index (χ0v) is 15.6. The van der Waals surface area contributed by atoms with Crippen molar-refractivity contribution in [3.8, 4) is 0 Å². The van der Waals surface area contributed by atoms with Crippen LogP contribution in [0.2, 0.25) is 0 Å². The Morgan fingerprint density at radius 3 is 2.12 bits per heavy atom. The van der Waals surface area contributed by atoms with Crippen molar-refractivity contribution >= 4 is 18.0 Å². The van der Waals surface area contributed by atoms with Crippen LogP contribution in [-0.4, -0.2) is 44.9 Å². The summed E-state index contributed by atoms with van der Waals surface area (Å²) in [6.07, 6.45) is 1.93. The Balaban J connectivity index is 2.75. The molecule has 0 N–H and O–H groups in total. The summed E-state index contributed by atoms with van der Waals surface area (Å²) in [5.74, 6) is -1.20. The fourth-order valence-corrected chi connectivity index (χ4v) is 1.78. The molecule has 0 aliphatic carbocycles. The van der Waals surface area contributed by atoms with Crippen molar-refractivity contribution in [1.82, 2.24) is 9.55 Å². The predicted molar refractivity (Wildman–Crippen MR) is 88.8 cm³/mol. The van der Waals surface area contributed by atoms with Crippen LogP contribution in [0.3, 0.4) is 0 Å². The normalized spacial score (nSPS) is 13.0. The summed E-state index contributed by atoms with van der Waals surface area (Å²) in [4.78, 5) is 39.9. The van der Waals surface area contributed by atoms with Gasteiger partial charge in [0, 0.05) is 25.2 Å². The van der Waals surface area contributed by atoms with Gasteiger partial charge in [-0.1, -0.05) is 0 Å². The van der Waals surface area contributed by atoms with Gasteiger partial charge in [0.15, 0.2) is 0 Å². The zero-order chi connectivity index (χ0) is 19.3. The quantitative estimate of drug-likeness (QED) is 0.592. The summed E-state index contributed by atoms with van der Waals surface area (Å²) < 4.78 is 16.7. The van der Waals surface area contributed by atoms with Gasteiger partial charge in [-0.15, -0.1) is 0 Å². The Morgan fingerprint density at radius 1 is 1.04 bits per heavy atom. The van der Waals surface area contributed by atoms with Gasteiger partial charge in [-0.3, -0.25) is 4.79 Å². The van der Waals surface area contributed by atoms with E-state index in [9.17, 15) is 14.4 Å². The molecule has 0 bridgehead atoms. The molecular formula is C17H26N2O6. The SMILES string of the molecule is CC(C)(C)OC(=O)CCC(OC(=O)n1ccnc1)C(=O)OC(C)(C)C. The smallest absolute Gasteiger partial charge is 0.420 e. The van der Waals surface area contributed by atoms with Crippen LogP contribution < -0.4 is 0 Å². The molecule has 1 heterocycles. The van der Waals surface area contributed by atoms with Crippen LogP contribution in [0.25, 0.3) is 0 Å². The highest BCUT2D eigenvalue weighted by Crippen LogP contribution is 2.16. The topological polar surface area (TPSA) is 96.7 Å². The molecule has 25 heavy (non-hydrogen) atoms. The third kappa shape index (κ3) is 8.32. The minimum absolute atomic E-state index is 0.0374. The molecule has 0 aromatic carbocycles. The third-order valence-electron chi connectivity index (χ3n) is 2.66. The van der Waals surface area contributed by atoms with Gasteiger partial charge < -0.3 is 14.2 Å². The lowest BCUT2D eigenvalue weighted by Crippen LogP contribution is -2.36. The van der Waals surface area contributed by atoms with Crippen LogP contribution in [-0.2, 0) is 23.8 Å². The Morgan fingerprint density at radius 2 is 1.64 bits per heavy atom.